The van der Waals surface area contributed by atoms with E-state index >= 15 is 0 Å². The molecule has 2 amide bonds. The Morgan fingerprint density at radius 1 is 1.21 bits per heavy atom. The number of thiocarbonyl (C=S) groups is 1. The van der Waals surface area contributed by atoms with Crippen LogP contribution in [0.2, 0.25) is 0 Å². The third-order valence-electron chi connectivity index (χ3n) is 3.69. The van der Waals surface area contributed by atoms with Gasteiger partial charge >= 0.3 is 0 Å². The molecule has 1 saturated heterocycles. The van der Waals surface area contributed by atoms with E-state index < -0.39 is 21.8 Å². The molecule has 2 heterocycles. The monoisotopic (exact) mass is 383 g/mol. The number of benzene rings is 1. The Morgan fingerprint density at radius 2 is 1.88 bits per heavy atom. The van der Waals surface area contributed by atoms with Gasteiger partial charge in [-0.3, -0.25) is 14.5 Å². The maximum absolute atomic E-state index is 12.6. The zero-order valence-electron chi connectivity index (χ0n) is 12.4. The van der Waals surface area contributed by atoms with E-state index in [-0.39, 0.29) is 27.3 Å². The molecule has 3 rings (SSSR count). The van der Waals surface area contributed by atoms with Gasteiger partial charge in [-0.2, -0.15) is 0 Å². The minimum absolute atomic E-state index is 0.131. The molecule has 1 aromatic rings. The van der Waals surface area contributed by atoms with Gasteiger partial charge < -0.3 is 9.45 Å². The van der Waals surface area contributed by atoms with E-state index in [0.29, 0.717) is 11.3 Å². The number of hydrogen-bond acceptors (Lipinski definition) is 7. The summed E-state index contributed by atoms with van der Waals surface area (Å²) in [5.74, 6) is -1.61. The molecular formula is C14H11N2O5S3-. The molecule has 7 nitrogen and oxygen atoms in total. The van der Waals surface area contributed by atoms with Gasteiger partial charge in [0.15, 0.2) is 0 Å². The van der Waals surface area contributed by atoms with Crippen LogP contribution < -0.4 is 4.90 Å². The van der Waals surface area contributed by atoms with Crippen molar-refractivity contribution in [2.24, 2.45) is 0 Å². The lowest BCUT2D eigenvalue weighted by Crippen LogP contribution is -2.33. The summed E-state index contributed by atoms with van der Waals surface area (Å²) < 4.78 is 32.5. The lowest BCUT2D eigenvalue weighted by Gasteiger charge is -2.15. The smallest absolute Gasteiger partial charge is 0.267 e. The van der Waals surface area contributed by atoms with E-state index in [9.17, 15) is 22.6 Å². The van der Waals surface area contributed by atoms with Gasteiger partial charge in [-0.25, -0.2) is 8.42 Å². The van der Waals surface area contributed by atoms with Crippen molar-refractivity contribution in [3.05, 3.63) is 34.7 Å². The van der Waals surface area contributed by atoms with Crippen LogP contribution in [-0.2, 0) is 19.7 Å². The molecule has 2 aliphatic heterocycles. The van der Waals surface area contributed by atoms with Crippen molar-refractivity contribution < 1.29 is 22.6 Å². The maximum Gasteiger partial charge on any atom is 0.267 e. The minimum atomic E-state index is -4.47. The van der Waals surface area contributed by atoms with Crippen molar-refractivity contribution in [1.29, 1.82) is 0 Å². The van der Waals surface area contributed by atoms with Crippen LogP contribution in [0.15, 0.2) is 29.2 Å². The number of thioether (sulfide) groups is 1. The SMILES string of the molecule is CN1C(=O)/C(=C2\SC(=S)N(CCS(=O)(=O)[O-])C2=O)c2ccccc21. The zero-order valence-corrected chi connectivity index (χ0v) is 14.8. The second-order valence-electron chi connectivity index (χ2n) is 5.17. The van der Waals surface area contributed by atoms with Crippen LogP contribution in [0.3, 0.4) is 0 Å². The third-order valence-corrected chi connectivity index (χ3v) is 5.83. The molecule has 126 valence electrons. The van der Waals surface area contributed by atoms with Crippen LogP contribution in [-0.4, -0.2) is 53.4 Å². The Labute approximate surface area is 148 Å². The second kappa shape index (κ2) is 5.96. The van der Waals surface area contributed by atoms with Crippen molar-refractivity contribution in [3.63, 3.8) is 0 Å². The highest BCUT2D eigenvalue weighted by molar-refractivity contribution is 8.26. The highest BCUT2D eigenvalue weighted by Gasteiger charge is 2.40. The fourth-order valence-corrected chi connectivity index (χ4v) is 4.32. The van der Waals surface area contributed by atoms with E-state index in [0.717, 1.165) is 16.7 Å². The number of anilines is 1. The summed E-state index contributed by atoms with van der Waals surface area (Å²) in [7, 11) is -2.86. The summed E-state index contributed by atoms with van der Waals surface area (Å²) >= 11 is 6.04. The molecule has 0 aliphatic carbocycles. The lowest BCUT2D eigenvalue weighted by atomic mass is 10.1. The number of para-hydroxylation sites is 1. The summed E-state index contributed by atoms with van der Waals surface area (Å²) in [5.41, 5.74) is 1.56. The molecule has 0 radical (unpaired) electrons. The Morgan fingerprint density at radius 3 is 2.54 bits per heavy atom. The normalized spacial score (nSPS) is 21.0. The maximum atomic E-state index is 12.6. The molecule has 2 aliphatic rings. The predicted octanol–water partition coefficient (Wildman–Crippen LogP) is 0.780. The van der Waals surface area contributed by atoms with Gasteiger partial charge in [-0.15, -0.1) is 0 Å². The van der Waals surface area contributed by atoms with Crippen LogP contribution in [0.4, 0.5) is 5.69 Å². The van der Waals surface area contributed by atoms with Gasteiger partial charge in [-0.05, 0) is 6.07 Å². The second-order valence-corrected chi connectivity index (χ2v) is 8.34. The summed E-state index contributed by atoms with van der Waals surface area (Å²) in [6.07, 6.45) is 0. The number of fused-ring (bicyclic) bond motifs is 1. The number of amides is 2. The van der Waals surface area contributed by atoms with E-state index in [4.69, 9.17) is 12.2 Å². The molecule has 1 aromatic carbocycles. The standard InChI is InChI=1S/C14H12N2O5S3/c1-15-9-5-3-2-4-8(9)10(12(15)17)11-13(18)16(14(22)23-11)6-7-24(19,20)21/h2-5H,6-7H2,1H3,(H,19,20,21)/p-1/b11-10-. The van der Waals surface area contributed by atoms with Crippen molar-refractivity contribution >= 4 is 61.5 Å². The van der Waals surface area contributed by atoms with E-state index in [2.05, 4.69) is 0 Å². The van der Waals surface area contributed by atoms with Gasteiger partial charge in [0.05, 0.1) is 32.0 Å². The molecule has 0 unspecified atom stereocenters. The molecule has 0 spiro atoms. The molecule has 0 bridgehead atoms. The Kier molecular flexibility index (Phi) is 4.24. The molecule has 24 heavy (non-hydrogen) atoms. The zero-order chi connectivity index (χ0) is 17.6. The third kappa shape index (κ3) is 2.86. The number of nitrogens with zero attached hydrogens (tertiary/aromatic N) is 2. The van der Waals surface area contributed by atoms with Gasteiger partial charge in [0.1, 0.15) is 4.32 Å². The summed E-state index contributed by atoms with van der Waals surface area (Å²) in [5, 5.41) is 0. The highest BCUT2D eigenvalue weighted by Crippen LogP contribution is 2.43. The van der Waals surface area contributed by atoms with Gasteiger partial charge in [0.25, 0.3) is 11.8 Å². The van der Waals surface area contributed by atoms with Crippen molar-refractivity contribution in [2.75, 3.05) is 24.2 Å². The quantitative estimate of drug-likeness (QED) is 0.432. The first-order valence-electron chi connectivity index (χ1n) is 6.79. The lowest BCUT2D eigenvalue weighted by molar-refractivity contribution is -0.122. The van der Waals surface area contributed by atoms with Crippen molar-refractivity contribution in [3.8, 4) is 0 Å². The molecule has 0 aromatic heterocycles. The first kappa shape index (κ1) is 17.1. The van der Waals surface area contributed by atoms with Crippen LogP contribution in [0.1, 0.15) is 5.56 Å². The summed E-state index contributed by atoms with van der Waals surface area (Å²) in [6, 6.07) is 7.05. The topological polar surface area (TPSA) is 97.8 Å². The molecular weight excluding hydrogens is 372 g/mol. The predicted molar refractivity (Wildman–Crippen MR) is 93.2 cm³/mol. The van der Waals surface area contributed by atoms with Crippen molar-refractivity contribution in [1.82, 2.24) is 4.90 Å². The average molecular weight is 383 g/mol. The fourth-order valence-electron chi connectivity index (χ4n) is 2.53. The highest BCUT2D eigenvalue weighted by atomic mass is 32.2. The van der Waals surface area contributed by atoms with E-state index in [1.165, 1.54) is 4.90 Å². The fraction of sp³-hybridized carbons (Fsp3) is 0.214. The summed E-state index contributed by atoms with van der Waals surface area (Å²) in [6.45, 7) is -0.320. The molecule has 0 saturated carbocycles. The van der Waals surface area contributed by atoms with E-state index in [1.807, 2.05) is 0 Å². The van der Waals surface area contributed by atoms with Gasteiger partial charge in [-0.1, -0.05) is 42.2 Å². The molecule has 0 N–H and O–H groups in total. The minimum Gasteiger partial charge on any atom is -0.748 e. The molecule has 10 heteroatoms. The first-order valence-corrected chi connectivity index (χ1v) is 9.60. The number of carbonyl (C=O) groups excluding carboxylic acids is 2. The number of carbonyl (C=O) groups is 2. The number of rotatable bonds is 3. The molecule has 1 fully saturated rings. The molecule has 0 atom stereocenters. The Balaban J connectivity index is 2.01. The van der Waals surface area contributed by atoms with Gasteiger partial charge in [0.2, 0.25) is 0 Å². The van der Waals surface area contributed by atoms with Crippen LogP contribution >= 0.6 is 24.0 Å². The van der Waals surface area contributed by atoms with Crippen molar-refractivity contribution in [2.45, 2.75) is 0 Å². The number of likely N-dealkylation sites (N-methyl/N-ethyl adjacent to an activating group) is 1. The van der Waals surface area contributed by atoms with Crippen LogP contribution in [0.25, 0.3) is 5.57 Å². The van der Waals surface area contributed by atoms with E-state index in [1.54, 1.807) is 31.3 Å². The number of hydrogen-bond donors (Lipinski definition) is 0. The Bertz CT molecular complexity index is 907. The average Bonchev–Trinajstić information content (AvgIpc) is 2.92. The largest absolute Gasteiger partial charge is 0.748 e. The first-order chi connectivity index (χ1) is 11.2. The Hall–Kier alpha value is -1.75. The van der Waals surface area contributed by atoms with Crippen LogP contribution in [0, 0.1) is 0 Å². The van der Waals surface area contributed by atoms with Gasteiger partial charge in [0, 0.05) is 19.2 Å². The van der Waals surface area contributed by atoms with Crippen LogP contribution in [0.5, 0.6) is 0 Å². The summed E-state index contributed by atoms with van der Waals surface area (Å²) in [4.78, 5) is 27.7.